The lowest BCUT2D eigenvalue weighted by molar-refractivity contribution is -0.140. The summed E-state index contributed by atoms with van der Waals surface area (Å²) in [5.41, 5.74) is -3.29. The van der Waals surface area contributed by atoms with Crippen molar-refractivity contribution in [2.24, 2.45) is 0 Å². The Morgan fingerprint density at radius 1 is 1.30 bits per heavy atom. The summed E-state index contributed by atoms with van der Waals surface area (Å²) in [5.74, 6) is -3.00. The predicted octanol–water partition coefficient (Wildman–Crippen LogP) is 1.71. The second kappa shape index (κ2) is 7.56. The van der Waals surface area contributed by atoms with Gasteiger partial charge in [0.15, 0.2) is 11.7 Å². The van der Waals surface area contributed by atoms with Gasteiger partial charge < -0.3 is 10.4 Å². The van der Waals surface area contributed by atoms with E-state index in [2.05, 4.69) is 5.10 Å². The van der Waals surface area contributed by atoms with Crippen LogP contribution in [-0.2, 0) is 11.0 Å². The summed E-state index contributed by atoms with van der Waals surface area (Å²) in [6, 6.07) is 3.33. The van der Waals surface area contributed by atoms with E-state index in [1.165, 1.54) is 13.0 Å². The van der Waals surface area contributed by atoms with Crippen LogP contribution in [0.2, 0.25) is 0 Å². The SMILES string of the molecule is Cc1cc(=O)c(C(=O)NC(CF)C(=O)O)nn1-c1ccccc1C(F)(F)F. The number of carbonyl (C=O) groups excluding carboxylic acids is 1. The van der Waals surface area contributed by atoms with Crippen molar-refractivity contribution < 1.29 is 32.3 Å². The number of hydrogen-bond acceptors (Lipinski definition) is 4. The third kappa shape index (κ3) is 4.30. The molecule has 0 radical (unpaired) electrons. The van der Waals surface area contributed by atoms with Crippen LogP contribution in [0.15, 0.2) is 35.1 Å². The second-order valence-corrected chi connectivity index (χ2v) is 5.44. The fourth-order valence-electron chi connectivity index (χ4n) is 2.24. The molecule has 0 saturated carbocycles. The van der Waals surface area contributed by atoms with Crippen LogP contribution in [0.4, 0.5) is 17.6 Å². The molecule has 1 aromatic carbocycles. The Balaban J connectivity index is 2.57. The molecule has 1 amide bonds. The van der Waals surface area contributed by atoms with E-state index in [-0.39, 0.29) is 5.69 Å². The highest BCUT2D eigenvalue weighted by Crippen LogP contribution is 2.33. The van der Waals surface area contributed by atoms with Gasteiger partial charge in [-0.1, -0.05) is 12.1 Å². The summed E-state index contributed by atoms with van der Waals surface area (Å²) < 4.78 is 53.1. The molecule has 1 heterocycles. The summed E-state index contributed by atoms with van der Waals surface area (Å²) in [7, 11) is 0. The number of carbonyl (C=O) groups is 2. The van der Waals surface area contributed by atoms with Gasteiger partial charge in [0.05, 0.1) is 11.3 Å². The Morgan fingerprint density at radius 3 is 2.48 bits per heavy atom. The van der Waals surface area contributed by atoms with Crippen LogP contribution in [0.25, 0.3) is 5.69 Å². The van der Waals surface area contributed by atoms with Gasteiger partial charge in [-0.15, -0.1) is 0 Å². The number of amides is 1. The topological polar surface area (TPSA) is 101 Å². The van der Waals surface area contributed by atoms with E-state index in [0.717, 1.165) is 28.9 Å². The third-order valence-electron chi connectivity index (χ3n) is 3.52. The Bertz CT molecular complexity index is 940. The number of rotatable bonds is 5. The summed E-state index contributed by atoms with van der Waals surface area (Å²) >= 11 is 0. The summed E-state index contributed by atoms with van der Waals surface area (Å²) in [5, 5.41) is 14.2. The highest BCUT2D eigenvalue weighted by atomic mass is 19.4. The molecule has 27 heavy (non-hydrogen) atoms. The largest absolute Gasteiger partial charge is 0.480 e. The Labute approximate surface area is 149 Å². The first-order valence-corrected chi connectivity index (χ1v) is 7.43. The van der Waals surface area contributed by atoms with Crippen LogP contribution in [0.3, 0.4) is 0 Å². The monoisotopic (exact) mass is 387 g/mol. The molecule has 0 aliphatic rings. The number of carboxylic acid groups (broad SMARTS) is 1. The van der Waals surface area contributed by atoms with E-state index in [0.29, 0.717) is 0 Å². The number of aromatic nitrogens is 2. The molecule has 2 aromatic rings. The van der Waals surface area contributed by atoms with Gasteiger partial charge in [0.25, 0.3) is 5.91 Å². The van der Waals surface area contributed by atoms with Crippen LogP contribution < -0.4 is 10.7 Å². The van der Waals surface area contributed by atoms with Crippen molar-refractivity contribution in [2.75, 3.05) is 6.67 Å². The zero-order valence-electron chi connectivity index (χ0n) is 13.7. The second-order valence-electron chi connectivity index (χ2n) is 5.44. The van der Waals surface area contributed by atoms with Gasteiger partial charge in [-0.25, -0.2) is 13.9 Å². The molecule has 0 spiro atoms. The van der Waals surface area contributed by atoms with Crippen LogP contribution >= 0.6 is 0 Å². The average Bonchev–Trinajstić information content (AvgIpc) is 2.58. The van der Waals surface area contributed by atoms with Gasteiger partial charge in [0, 0.05) is 11.8 Å². The minimum atomic E-state index is -4.72. The van der Waals surface area contributed by atoms with Crippen LogP contribution in [0, 0.1) is 6.92 Å². The minimum absolute atomic E-state index is 0.00789. The molecule has 0 bridgehead atoms. The highest BCUT2D eigenvalue weighted by Gasteiger charge is 2.34. The van der Waals surface area contributed by atoms with Gasteiger partial charge in [-0.3, -0.25) is 9.59 Å². The van der Waals surface area contributed by atoms with Crippen molar-refractivity contribution in [3.8, 4) is 5.69 Å². The molecule has 1 atom stereocenters. The smallest absolute Gasteiger partial charge is 0.418 e. The zero-order chi connectivity index (χ0) is 20.4. The third-order valence-corrected chi connectivity index (χ3v) is 3.52. The van der Waals surface area contributed by atoms with Crippen molar-refractivity contribution in [2.45, 2.75) is 19.1 Å². The maximum atomic E-state index is 13.2. The number of carboxylic acids is 1. The summed E-state index contributed by atoms with van der Waals surface area (Å²) in [6.07, 6.45) is -4.72. The Kier molecular flexibility index (Phi) is 5.62. The molecule has 1 unspecified atom stereocenters. The number of nitrogens with one attached hydrogen (secondary N) is 1. The summed E-state index contributed by atoms with van der Waals surface area (Å²) in [4.78, 5) is 34.9. The summed E-state index contributed by atoms with van der Waals surface area (Å²) in [6.45, 7) is -0.136. The maximum Gasteiger partial charge on any atom is 0.418 e. The molecule has 0 fully saturated rings. The quantitative estimate of drug-likeness (QED) is 0.761. The number of nitrogens with zero attached hydrogens (tertiary/aromatic N) is 2. The number of aliphatic carboxylic acids is 1. The molecule has 144 valence electrons. The van der Waals surface area contributed by atoms with E-state index in [1.807, 2.05) is 0 Å². The number of para-hydroxylation sites is 1. The minimum Gasteiger partial charge on any atom is -0.480 e. The van der Waals surface area contributed by atoms with Crippen molar-refractivity contribution in [1.29, 1.82) is 0 Å². The molecule has 7 nitrogen and oxygen atoms in total. The normalized spacial score (nSPS) is 12.5. The first-order chi connectivity index (χ1) is 12.6. The Morgan fingerprint density at radius 2 is 1.93 bits per heavy atom. The number of halogens is 4. The lowest BCUT2D eigenvalue weighted by Gasteiger charge is -2.17. The average molecular weight is 387 g/mol. The first kappa shape index (κ1) is 20.1. The molecular formula is C16H13F4N3O4. The lowest BCUT2D eigenvalue weighted by atomic mass is 10.1. The van der Waals surface area contributed by atoms with Gasteiger partial charge in [0.2, 0.25) is 5.43 Å². The fourth-order valence-corrected chi connectivity index (χ4v) is 2.24. The van der Waals surface area contributed by atoms with Gasteiger partial charge in [-0.05, 0) is 19.1 Å². The molecule has 0 saturated heterocycles. The molecule has 0 aliphatic carbocycles. The van der Waals surface area contributed by atoms with Gasteiger partial charge in [0.1, 0.15) is 6.67 Å². The van der Waals surface area contributed by atoms with E-state index in [4.69, 9.17) is 5.11 Å². The van der Waals surface area contributed by atoms with Crippen molar-refractivity contribution in [3.63, 3.8) is 0 Å². The fraction of sp³-hybridized carbons (Fsp3) is 0.250. The van der Waals surface area contributed by atoms with Crippen LogP contribution in [-0.4, -0.2) is 39.5 Å². The first-order valence-electron chi connectivity index (χ1n) is 7.43. The van der Waals surface area contributed by atoms with E-state index >= 15 is 0 Å². The highest BCUT2D eigenvalue weighted by molar-refractivity contribution is 5.94. The van der Waals surface area contributed by atoms with E-state index in [1.54, 1.807) is 5.32 Å². The number of aryl methyl sites for hydroxylation is 1. The van der Waals surface area contributed by atoms with E-state index in [9.17, 15) is 31.9 Å². The lowest BCUT2D eigenvalue weighted by Crippen LogP contribution is -2.44. The van der Waals surface area contributed by atoms with Gasteiger partial charge in [-0.2, -0.15) is 18.3 Å². The maximum absolute atomic E-state index is 13.2. The molecular weight excluding hydrogens is 374 g/mol. The van der Waals surface area contributed by atoms with Crippen molar-refractivity contribution in [1.82, 2.24) is 15.1 Å². The van der Waals surface area contributed by atoms with Gasteiger partial charge >= 0.3 is 12.1 Å². The van der Waals surface area contributed by atoms with Crippen LogP contribution in [0.5, 0.6) is 0 Å². The molecule has 2 rings (SSSR count). The molecule has 1 aromatic heterocycles. The van der Waals surface area contributed by atoms with Crippen molar-refractivity contribution >= 4 is 11.9 Å². The number of hydrogen-bond donors (Lipinski definition) is 2. The zero-order valence-corrected chi connectivity index (χ0v) is 13.7. The molecule has 2 N–H and O–H groups in total. The van der Waals surface area contributed by atoms with E-state index < -0.39 is 53.1 Å². The Hall–Kier alpha value is -3.24. The standard InChI is InChI=1S/C16H13F4N3O4/c1-8-6-12(24)13(14(25)21-10(7-17)15(26)27)22-23(8)11-5-3-2-4-9(11)16(18,19)20/h2-6,10H,7H2,1H3,(H,21,25)(H,26,27). The van der Waals surface area contributed by atoms with Crippen molar-refractivity contribution in [3.05, 3.63) is 57.5 Å². The predicted molar refractivity (Wildman–Crippen MR) is 84.4 cm³/mol. The molecule has 0 aliphatic heterocycles. The number of benzene rings is 1. The van der Waals surface area contributed by atoms with Crippen LogP contribution in [0.1, 0.15) is 21.7 Å². The molecule has 11 heteroatoms. The number of alkyl halides is 4.